The van der Waals surface area contributed by atoms with Gasteiger partial charge >= 0.3 is 0 Å². The van der Waals surface area contributed by atoms with E-state index in [4.69, 9.17) is 0 Å². The molecule has 132 valence electrons. The highest BCUT2D eigenvalue weighted by atomic mass is 16.1. The molecule has 0 saturated heterocycles. The SMILES string of the molecule is Cc1ccc(C2CC(C)CCC(N(C=O)Cc3ccccn3)C2)nn1. The van der Waals surface area contributed by atoms with Crippen molar-refractivity contribution in [3.63, 3.8) is 0 Å². The molecule has 2 aromatic rings. The van der Waals surface area contributed by atoms with E-state index >= 15 is 0 Å². The zero-order valence-electron chi connectivity index (χ0n) is 15.0. The van der Waals surface area contributed by atoms with Gasteiger partial charge < -0.3 is 4.90 Å². The van der Waals surface area contributed by atoms with Crippen LogP contribution in [0.1, 0.15) is 55.6 Å². The quantitative estimate of drug-likeness (QED) is 0.618. The van der Waals surface area contributed by atoms with Gasteiger partial charge in [-0.3, -0.25) is 9.78 Å². The second kappa shape index (κ2) is 8.19. The van der Waals surface area contributed by atoms with Gasteiger partial charge in [-0.05, 0) is 62.8 Å². The minimum atomic E-state index is 0.220. The fourth-order valence-corrected chi connectivity index (χ4v) is 3.72. The fraction of sp³-hybridized carbons (Fsp3) is 0.500. The van der Waals surface area contributed by atoms with Crippen molar-refractivity contribution in [3.05, 3.63) is 53.6 Å². The van der Waals surface area contributed by atoms with Crippen LogP contribution in [0.3, 0.4) is 0 Å². The molecule has 3 rings (SSSR count). The first kappa shape index (κ1) is 17.5. The molecule has 3 unspecified atom stereocenters. The molecule has 0 spiro atoms. The summed E-state index contributed by atoms with van der Waals surface area (Å²) in [7, 11) is 0. The molecule has 1 aliphatic rings. The predicted octanol–water partition coefficient (Wildman–Crippen LogP) is 3.50. The molecule has 5 heteroatoms. The van der Waals surface area contributed by atoms with Gasteiger partial charge in [-0.15, -0.1) is 0 Å². The lowest BCUT2D eigenvalue weighted by atomic mass is 9.91. The van der Waals surface area contributed by atoms with Crippen LogP contribution in [-0.2, 0) is 11.3 Å². The van der Waals surface area contributed by atoms with Gasteiger partial charge in [0.05, 0.1) is 23.6 Å². The van der Waals surface area contributed by atoms with E-state index in [1.165, 1.54) is 0 Å². The van der Waals surface area contributed by atoms with Crippen molar-refractivity contribution in [2.75, 3.05) is 0 Å². The van der Waals surface area contributed by atoms with E-state index in [1.807, 2.05) is 36.1 Å². The van der Waals surface area contributed by atoms with Crippen LogP contribution in [0.15, 0.2) is 36.5 Å². The largest absolute Gasteiger partial charge is 0.336 e. The zero-order chi connectivity index (χ0) is 17.6. The van der Waals surface area contributed by atoms with Gasteiger partial charge in [0, 0.05) is 18.2 Å². The minimum Gasteiger partial charge on any atom is -0.336 e. The number of carbonyl (C=O) groups excluding carboxylic acids is 1. The van der Waals surface area contributed by atoms with Crippen molar-refractivity contribution >= 4 is 6.41 Å². The molecule has 5 nitrogen and oxygen atoms in total. The van der Waals surface area contributed by atoms with Gasteiger partial charge in [-0.25, -0.2) is 0 Å². The van der Waals surface area contributed by atoms with Crippen LogP contribution in [0.25, 0.3) is 0 Å². The number of nitrogens with zero attached hydrogens (tertiary/aromatic N) is 4. The van der Waals surface area contributed by atoms with Crippen molar-refractivity contribution < 1.29 is 4.79 Å². The average Bonchev–Trinajstić information content (AvgIpc) is 2.83. The highest BCUT2D eigenvalue weighted by molar-refractivity contribution is 5.48. The summed E-state index contributed by atoms with van der Waals surface area (Å²) in [6.45, 7) is 4.81. The Morgan fingerprint density at radius 3 is 2.72 bits per heavy atom. The molecule has 2 heterocycles. The molecule has 1 saturated carbocycles. The lowest BCUT2D eigenvalue weighted by molar-refractivity contribution is -0.121. The summed E-state index contributed by atoms with van der Waals surface area (Å²) in [5, 5.41) is 8.64. The number of hydrogen-bond acceptors (Lipinski definition) is 4. The Labute approximate surface area is 149 Å². The van der Waals surface area contributed by atoms with Crippen LogP contribution in [0.4, 0.5) is 0 Å². The van der Waals surface area contributed by atoms with Crippen molar-refractivity contribution in [1.29, 1.82) is 0 Å². The molecule has 0 radical (unpaired) electrons. The molecule has 0 aliphatic heterocycles. The Morgan fingerprint density at radius 1 is 1.16 bits per heavy atom. The summed E-state index contributed by atoms with van der Waals surface area (Å²) >= 11 is 0. The van der Waals surface area contributed by atoms with Crippen LogP contribution < -0.4 is 0 Å². The fourth-order valence-electron chi connectivity index (χ4n) is 3.72. The summed E-state index contributed by atoms with van der Waals surface area (Å²) in [6.07, 6.45) is 6.96. The lowest BCUT2D eigenvalue weighted by Gasteiger charge is -2.29. The van der Waals surface area contributed by atoms with E-state index in [1.54, 1.807) is 6.20 Å². The van der Waals surface area contributed by atoms with Gasteiger partial charge in [0.25, 0.3) is 0 Å². The number of aromatic nitrogens is 3. The number of rotatable bonds is 5. The number of amides is 1. The van der Waals surface area contributed by atoms with Crippen LogP contribution in [0.5, 0.6) is 0 Å². The predicted molar refractivity (Wildman–Crippen MR) is 96.8 cm³/mol. The monoisotopic (exact) mass is 338 g/mol. The summed E-state index contributed by atoms with van der Waals surface area (Å²) < 4.78 is 0. The maximum absolute atomic E-state index is 11.8. The molecule has 25 heavy (non-hydrogen) atoms. The van der Waals surface area contributed by atoms with Crippen molar-refractivity contribution in [2.45, 2.75) is 58.0 Å². The third-order valence-electron chi connectivity index (χ3n) is 5.15. The average molecular weight is 338 g/mol. The summed E-state index contributed by atoms with van der Waals surface area (Å²) in [6, 6.07) is 10.2. The van der Waals surface area contributed by atoms with Gasteiger partial charge in [0.1, 0.15) is 0 Å². The van der Waals surface area contributed by atoms with Crippen molar-refractivity contribution in [1.82, 2.24) is 20.1 Å². The number of pyridine rings is 1. The first-order valence-corrected chi connectivity index (χ1v) is 9.07. The third-order valence-corrected chi connectivity index (χ3v) is 5.15. The molecule has 3 atom stereocenters. The molecule has 0 aromatic carbocycles. The van der Waals surface area contributed by atoms with Crippen LogP contribution in [0, 0.1) is 12.8 Å². The Balaban J connectivity index is 1.77. The van der Waals surface area contributed by atoms with Crippen molar-refractivity contribution in [2.24, 2.45) is 5.92 Å². The summed E-state index contributed by atoms with van der Waals surface area (Å²) in [5.41, 5.74) is 2.92. The van der Waals surface area contributed by atoms with Gasteiger partial charge in [-0.1, -0.05) is 13.0 Å². The normalized spacial score (nSPS) is 23.7. The zero-order valence-corrected chi connectivity index (χ0v) is 15.0. The second-order valence-electron chi connectivity index (χ2n) is 7.20. The van der Waals surface area contributed by atoms with Gasteiger partial charge in [-0.2, -0.15) is 10.2 Å². The molecule has 1 amide bonds. The topological polar surface area (TPSA) is 59.0 Å². The molecule has 0 N–H and O–H groups in total. The minimum absolute atomic E-state index is 0.220. The molecule has 1 fully saturated rings. The van der Waals surface area contributed by atoms with E-state index in [-0.39, 0.29) is 6.04 Å². The number of carbonyl (C=O) groups is 1. The number of aryl methyl sites for hydroxylation is 1. The van der Waals surface area contributed by atoms with Crippen LogP contribution in [0.2, 0.25) is 0 Å². The van der Waals surface area contributed by atoms with Crippen LogP contribution >= 0.6 is 0 Å². The molecular weight excluding hydrogens is 312 g/mol. The van der Waals surface area contributed by atoms with Crippen LogP contribution in [-0.4, -0.2) is 32.5 Å². The van der Waals surface area contributed by atoms with Gasteiger partial charge in [0.2, 0.25) is 6.41 Å². The Kier molecular flexibility index (Phi) is 5.74. The highest BCUT2D eigenvalue weighted by Gasteiger charge is 2.29. The molecule has 2 aromatic heterocycles. The lowest BCUT2D eigenvalue weighted by Crippen LogP contribution is -2.34. The maximum Gasteiger partial charge on any atom is 0.210 e. The molecular formula is C20H26N4O. The van der Waals surface area contributed by atoms with E-state index in [2.05, 4.69) is 28.2 Å². The Morgan fingerprint density at radius 2 is 2.04 bits per heavy atom. The summed E-state index contributed by atoms with van der Waals surface area (Å²) in [4.78, 5) is 18.0. The maximum atomic E-state index is 11.8. The van der Waals surface area contributed by atoms with E-state index in [0.29, 0.717) is 18.4 Å². The van der Waals surface area contributed by atoms with Crippen molar-refractivity contribution in [3.8, 4) is 0 Å². The summed E-state index contributed by atoms with van der Waals surface area (Å²) in [5.74, 6) is 0.975. The first-order valence-electron chi connectivity index (χ1n) is 9.07. The van der Waals surface area contributed by atoms with Gasteiger partial charge in [0.15, 0.2) is 0 Å². The number of hydrogen-bond donors (Lipinski definition) is 0. The van der Waals surface area contributed by atoms with E-state index < -0.39 is 0 Å². The standard InChI is InChI=1S/C20H26N4O/c1-15-6-8-19(24(14-25)13-18-5-3-4-10-21-18)12-17(11-15)20-9-7-16(2)22-23-20/h3-5,7,9-10,14-15,17,19H,6,8,11-13H2,1-2H3. The molecule has 1 aliphatic carbocycles. The second-order valence-corrected chi connectivity index (χ2v) is 7.20. The smallest absolute Gasteiger partial charge is 0.210 e. The Bertz CT molecular complexity index is 674. The first-order chi connectivity index (χ1) is 12.2. The van der Waals surface area contributed by atoms with E-state index in [0.717, 1.165) is 49.2 Å². The third kappa shape index (κ3) is 4.62. The Hall–Kier alpha value is -2.30. The highest BCUT2D eigenvalue weighted by Crippen LogP contribution is 2.35. The van der Waals surface area contributed by atoms with E-state index in [9.17, 15) is 4.79 Å². The molecule has 0 bridgehead atoms.